The smallest absolute Gasteiger partial charge is 0.155 e. The molecule has 0 bridgehead atoms. The zero-order valence-corrected chi connectivity index (χ0v) is 8.52. The molecule has 1 heterocycles. The van der Waals surface area contributed by atoms with Gasteiger partial charge in [-0.2, -0.15) is 0 Å². The molecular weight excluding hydrogens is 180 g/mol. The Hall–Kier alpha value is -0.630. The Balaban J connectivity index is 2.10. The fourth-order valence-electron chi connectivity index (χ4n) is 1.71. The lowest BCUT2D eigenvalue weighted by molar-refractivity contribution is 0.475. The predicted octanol–water partition coefficient (Wildman–Crippen LogP) is 2.55. The largest absolute Gasteiger partial charge is 0.508 e. The molecule has 1 N–H and O–H groups in total. The Bertz CT molecular complexity index is 262. The number of rotatable bonds is 1. The number of aromatic hydroxyl groups is 1. The molecule has 2 heteroatoms. The number of hydrogen-bond donors (Lipinski definition) is 1. The van der Waals surface area contributed by atoms with Gasteiger partial charge >= 0.3 is 0 Å². The summed E-state index contributed by atoms with van der Waals surface area (Å²) in [5.41, 5.74) is 0. The minimum Gasteiger partial charge on any atom is -0.508 e. The highest BCUT2D eigenvalue weighted by atomic mass is 32.2. The molecule has 0 amide bonds. The molecule has 0 saturated carbocycles. The van der Waals surface area contributed by atoms with Gasteiger partial charge in [0.1, 0.15) is 17.3 Å². The first kappa shape index (κ1) is 8.95. The summed E-state index contributed by atoms with van der Waals surface area (Å²) in [6.45, 7) is 0. The van der Waals surface area contributed by atoms with Crippen LogP contribution in [0.3, 0.4) is 0 Å². The van der Waals surface area contributed by atoms with Crippen LogP contribution in [0, 0.1) is 0 Å². The summed E-state index contributed by atoms with van der Waals surface area (Å²) >= 11 is 0. The van der Waals surface area contributed by atoms with Crippen molar-refractivity contribution in [2.45, 2.75) is 24.2 Å². The van der Waals surface area contributed by atoms with Crippen molar-refractivity contribution in [1.29, 1.82) is 0 Å². The Morgan fingerprint density at radius 2 is 1.54 bits per heavy atom. The summed E-state index contributed by atoms with van der Waals surface area (Å²) in [6.07, 6.45) is 4.16. The second kappa shape index (κ2) is 4.05. The van der Waals surface area contributed by atoms with Crippen LogP contribution in [0.15, 0.2) is 29.2 Å². The summed E-state index contributed by atoms with van der Waals surface area (Å²) in [6, 6.07) is 7.75. The van der Waals surface area contributed by atoms with E-state index < -0.39 is 0 Å². The zero-order chi connectivity index (χ0) is 9.10. The molecule has 0 atom stereocenters. The Morgan fingerprint density at radius 3 is 2.15 bits per heavy atom. The van der Waals surface area contributed by atoms with Gasteiger partial charge in [0, 0.05) is 10.9 Å². The van der Waals surface area contributed by atoms with Crippen molar-refractivity contribution in [2.24, 2.45) is 0 Å². The molecule has 1 aliphatic heterocycles. The molecule has 70 valence electrons. The van der Waals surface area contributed by atoms with E-state index in [0.717, 1.165) is 0 Å². The molecule has 1 nitrogen and oxygen atoms in total. The summed E-state index contributed by atoms with van der Waals surface area (Å²) in [5, 5.41) is 9.16. The van der Waals surface area contributed by atoms with Crippen LogP contribution in [0.2, 0.25) is 0 Å². The second-order valence-corrected chi connectivity index (χ2v) is 5.73. The minimum absolute atomic E-state index is 0.379. The summed E-state index contributed by atoms with van der Waals surface area (Å²) < 4.78 is 0. The molecular formula is C11H15OS+. The van der Waals surface area contributed by atoms with Crippen LogP contribution in [0.25, 0.3) is 0 Å². The van der Waals surface area contributed by atoms with E-state index in [-0.39, 0.29) is 0 Å². The number of benzene rings is 1. The normalized spacial score (nSPS) is 18.8. The molecule has 1 saturated heterocycles. The van der Waals surface area contributed by atoms with Crippen molar-refractivity contribution >= 4 is 10.9 Å². The third kappa shape index (κ3) is 2.19. The third-order valence-electron chi connectivity index (χ3n) is 2.45. The van der Waals surface area contributed by atoms with Crippen LogP contribution in [0.5, 0.6) is 5.75 Å². The molecule has 1 aromatic rings. The maximum absolute atomic E-state index is 9.16. The van der Waals surface area contributed by atoms with Gasteiger partial charge in [-0.3, -0.25) is 0 Å². The first-order valence-electron chi connectivity index (χ1n) is 4.83. The molecule has 0 aromatic heterocycles. The lowest BCUT2D eigenvalue weighted by Gasteiger charge is -2.12. The summed E-state index contributed by atoms with van der Waals surface area (Å²) in [7, 11) is 0.473. The highest BCUT2D eigenvalue weighted by Crippen LogP contribution is 2.23. The van der Waals surface area contributed by atoms with Crippen LogP contribution < -0.4 is 0 Å². The van der Waals surface area contributed by atoms with Crippen molar-refractivity contribution in [2.75, 3.05) is 11.5 Å². The monoisotopic (exact) mass is 195 g/mol. The molecule has 1 aromatic carbocycles. The fraction of sp³-hybridized carbons (Fsp3) is 0.455. The number of hydrogen-bond acceptors (Lipinski definition) is 1. The second-order valence-electron chi connectivity index (χ2n) is 3.46. The average molecular weight is 195 g/mol. The van der Waals surface area contributed by atoms with Crippen molar-refractivity contribution < 1.29 is 5.11 Å². The van der Waals surface area contributed by atoms with Gasteiger partial charge < -0.3 is 5.11 Å². The molecule has 1 aliphatic rings. The molecule has 0 radical (unpaired) electrons. The topological polar surface area (TPSA) is 20.2 Å². The van der Waals surface area contributed by atoms with E-state index in [1.54, 1.807) is 12.1 Å². The molecule has 1 fully saturated rings. The van der Waals surface area contributed by atoms with Gasteiger partial charge in [-0.05, 0) is 43.5 Å². The average Bonchev–Trinajstić information content (AvgIpc) is 2.20. The van der Waals surface area contributed by atoms with E-state index in [1.807, 2.05) is 0 Å². The highest BCUT2D eigenvalue weighted by molar-refractivity contribution is 7.96. The maximum Gasteiger partial charge on any atom is 0.155 e. The van der Waals surface area contributed by atoms with Crippen LogP contribution in [-0.2, 0) is 10.9 Å². The van der Waals surface area contributed by atoms with E-state index in [0.29, 0.717) is 16.6 Å². The van der Waals surface area contributed by atoms with Crippen LogP contribution in [-0.4, -0.2) is 16.6 Å². The van der Waals surface area contributed by atoms with Gasteiger partial charge in [0.15, 0.2) is 4.90 Å². The third-order valence-corrected chi connectivity index (χ3v) is 4.95. The van der Waals surface area contributed by atoms with E-state index in [1.165, 1.54) is 35.7 Å². The number of phenolic OH excluding ortho intramolecular Hbond substituents is 1. The maximum atomic E-state index is 9.16. The standard InChI is InChI=1S/C11H14OS/c12-10-4-6-11(7-5-10)13-8-2-1-3-9-13/h4-7H,1-3,8-9H2/p+1. The Morgan fingerprint density at radius 1 is 0.923 bits per heavy atom. The SMILES string of the molecule is Oc1ccc([S+]2CCCCC2)cc1. The van der Waals surface area contributed by atoms with Crippen molar-refractivity contribution in [3.63, 3.8) is 0 Å². The first-order valence-corrected chi connectivity index (χ1v) is 6.39. The summed E-state index contributed by atoms with van der Waals surface area (Å²) in [5.74, 6) is 3.08. The molecule has 0 unspecified atom stereocenters. The quantitative estimate of drug-likeness (QED) is 0.683. The lowest BCUT2D eigenvalue weighted by atomic mass is 10.3. The molecule has 0 spiro atoms. The predicted molar refractivity (Wildman–Crippen MR) is 57.3 cm³/mol. The van der Waals surface area contributed by atoms with Crippen LogP contribution >= 0.6 is 0 Å². The minimum atomic E-state index is 0.379. The van der Waals surface area contributed by atoms with Crippen LogP contribution in [0.1, 0.15) is 19.3 Å². The first-order chi connectivity index (χ1) is 6.36. The fourth-order valence-corrected chi connectivity index (χ4v) is 4.01. The van der Waals surface area contributed by atoms with E-state index >= 15 is 0 Å². The summed E-state index contributed by atoms with van der Waals surface area (Å²) in [4.78, 5) is 1.43. The van der Waals surface area contributed by atoms with Gasteiger partial charge in [-0.15, -0.1) is 0 Å². The van der Waals surface area contributed by atoms with Crippen molar-refractivity contribution in [3.8, 4) is 5.75 Å². The number of phenols is 1. The van der Waals surface area contributed by atoms with E-state index in [9.17, 15) is 0 Å². The van der Waals surface area contributed by atoms with E-state index in [4.69, 9.17) is 5.11 Å². The molecule has 0 aliphatic carbocycles. The molecule has 13 heavy (non-hydrogen) atoms. The van der Waals surface area contributed by atoms with Crippen LogP contribution in [0.4, 0.5) is 0 Å². The zero-order valence-electron chi connectivity index (χ0n) is 7.70. The molecule has 2 rings (SSSR count). The van der Waals surface area contributed by atoms with Gasteiger partial charge in [0.25, 0.3) is 0 Å². The van der Waals surface area contributed by atoms with Gasteiger partial charge in [0.05, 0.1) is 0 Å². The lowest BCUT2D eigenvalue weighted by Crippen LogP contribution is -2.17. The Kier molecular flexibility index (Phi) is 2.79. The van der Waals surface area contributed by atoms with Crippen molar-refractivity contribution in [3.05, 3.63) is 24.3 Å². The van der Waals surface area contributed by atoms with Gasteiger partial charge in [-0.25, -0.2) is 0 Å². The van der Waals surface area contributed by atoms with Gasteiger partial charge in [-0.1, -0.05) is 0 Å². The Labute approximate surface area is 82.1 Å². The van der Waals surface area contributed by atoms with E-state index in [2.05, 4.69) is 12.1 Å². The van der Waals surface area contributed by atoms with Gasteiger partial charge in [0.2, 0.25) is 0 Å². The van der Waals surface area contributed by atoms with Crippen molar-refractivity contribution in [1.82, 2.24) is 0 Å². The highest BCUT2D eigenvalue weighted by Gasteiger charge is 2.24.